The van der Waals surface area contributed by atoms with E-state index in [4.69, 9.17) is 0 Å². The molecule has 1 saturated heterocycles. The molecular weight excluding hydrogens is 304 g/mol. The number of nitrogens with zero attached hydrogens (tertiary/aromatic N) is 2. The van der Waals surface area contributed by atoms with Crippen LogP contribution in [0, 0.1) is 0 Å². The fourth-order valence-corrected chi connectivity index (χ4v) is 3.37. The molecule has 1 fully saturated rings. The van der Waals surface area contributed by atoms with Crippen molar-refractivity contribution in [1.82, 2.24) is 19.5 Å². The first-order valence-corrected chi connectivity index (χ1v) is 9.17. The second-order valence-electron chi connectivity index (χ2n) is 5.50. The van der Waals surface area contributed by atoms with Gasteiger partial charge in [-0.15, -0.1) is 0 Å². The molecule has 8 heteroatoms. The van der Waals surface area contributed by atoms with Gasteiger partial charge in [0.05, 0.1) is 11.8 Å². The van der Waals surface area contributed by atoms with Gasteiger partial charge in [-0.3, -0.25) is 0 Å². The molecule has 0 aliphatic carbocycles. The molecule has 22 heavy (non-hydrogen) atoms. The number of amides is 2. The van der Waals surface area contributed by atoms with Crippen molar-refractivity contribution in [2.45, 2.75) is 25.3 Å². The maximum atomic E-state index is 12.4. The molecule has 1 aromatic heterocycles. The van der Waals surface area contributed by atoms with E-state index >= 15 is 0 Å². The molecule has 1 aliphatic heterocycles. The average Bonchev–Trinajstić information content (AvgIpc) is 2.93. The molecule has 7 nitrogen and oxygen atoms in total. The van der Waals surface area contributed by atoms with E-state index in [1.54, 1.807) is 0 Å². The van der Waals surface area contributed by atoms with E-state index in [0.29, 0.717) is 6.54 Å². The highest BCUT2D eigenvalue weighted by Crippen LogP contribution is 2.30. The molecule has 2 rings (SSSR count). The van der Waals surface area contributed by atoms with E-state index in [1.165, 1.54) is 7.05 Å². The smallest absolute Gasteiger partial charge is 0.317 e. The predicted octanol–water partition coefficient (Wildman–Crippen LogP) is 0.811. The highest BCUT2D eigenvalue weighted by molar-refractivity contribution is 7.89. The van der Waals surface area contributed by atoms with Gasteiger partial charge in [0.25, 0.3) is 0 Å². The molecule has 2 N–H and O–H groups in total. The third-order valence-electron chi connectivity index (χ3n) is 4.05. The van der Waals surface area contributed by atoms with Gasteiger partial charge in [0, 0.05) is 32.0 Å². The Balaban J connectivity index is 1.99. The number of carbonyl (C=O) groups is 1. The zero-order valence-electron chi connectivity index (χ0n) is 13.1. The standard InChI is InChI=1S/C14H24N4O3S/c1-15-22(20,21)11-8-16-14(19)18-10-4-3-6-13(18)12-7-5-9-17(12)2/h5,7,9,13,15H,3-4,6,8,10-11H2,1-2H3,(H,16,19)/t13-/m1/s1. The molecule has 0 unspecified atom stereocenters. The number of likely N-dealkylation sites (tertiary alicyclic amines) is 1. The van der Waals surface area contributed by atoms with E-state index in [-0.39, 0.29) is 24.4 Å². The van der Waals surface area contributed by atoms with Crippen molar-refractivity contribution in [3.63, 3.8) is 0 Å². The number of sulfonamides is 1. The number of aromatic nitrogens is 1. The summed E-state index contributed by atoms with van der Waals surface area (Å²) in [5.41, 5.74) is 1.11. The molecule has 124 valence electrons. The molecule has 2 heterocycles. The summed E-state index contributed by atoms with van der Waals surface area (Å²) in [5, 5.41) is 2.71. The maximum absolute atomic E-state index is 12.4. The van der Waals surface area contributed by atoms with Crippen molar-refractivity contribution in [2.75, 3.05) is 25.9 Å². The van der Waals surface area contributed by atoms with Crippen LogP contribution in [0.1, 0.15) is 31.0 Å². The molecule has 1 aliphatic rings. The molecule has 2 amide bonds. The number of hydrogen-bond donors (Lipinski definition) is 2. The Morgan fingerprint density at radius 1 is 1.41 bits per heavy atom. The second-order valence-corrected chi connectivity index (χ2v) is 7.55. The van der Waals surface area contributed by atoms with Gasteiger partial charge in [-0.25, -0.2) is 17.9 Å². The Labute approximate surface area is 131 Å². The zero-order valence-corrected chi connectivity index (χ0v) is 13.9. The summed E-state index contributed by atoms with van der Waals surface area (Å²) in [7, 11) is 0.0433. The number of hydrogen-bond acceptors (Lipinski definition) is 3. The van der Waals surface area contributed by atoms with Crippen molar-refractivity contribution < 1.29 is 13.2 Å². The van der Waals surface area contributed by atoms with Crippen LogP contribution in [-0.2, 0) is 17.1 Å². The molecule has 0 bridgehead atoms. The number of carbonyl (C=O) groups excluding carboxylic acids is 1. The van der Waals surface area contributed by atoms with Gasteiger partial charge in [0.1, 0.15) is 0 Å². The van der Waals surface area contributed by atoms with E-state index in [2.05, 4.69) is 10.0 Å². The van der Waals surface area contributed by atoms with E-state index < -0.39 is 10.0 Å². The molecule has 0 radical (unpaired) electrons. The summed E-state index contributed by atoms with van der Waals surface area (Å²) in [4.78, 5) is 14.2. The Bertz CT molecular complexity index is 611. The first kappa shape index (κ1) is 16.8. The first-order chi connectivity index (χ1) is 10.4. The summed E-state index contributed by atoms with van der Waals surface area (Å²) in [5.74, 6) is -0.113. The van der Waals surface area contributed by atoms with Crippen molar-refractivity contribution in [1.29, 1.82) is 0 Å². The van der Waals surface area contributed by atoms with E-state index in [1.807, 2.05) is 34.8 Å². The lowest BCUT2D eigenvalue weighted by molar-refractivity contribution is 0.149. The molecular formula is C14H24N4O3S. The number of piperidine rings is 1. The summed E-state index contributed by atoms with van der Waals surface area (Å²) in [6.45, 7) is 0.804. The Hall–Kier alpha value is -1.54. The Kier molecular flexibility index (Phi) is 5.47. The SMILES string of the molecule is CNS(=O)(=O)CCNC(=O)N1CCCC[C@@H]1c1cccn1C. The Morgan fingerprint density at radius 2 is 2.18 bits per heavy atom. The van der Waals surface area contributed by atoms with Gasteiger partial charge < -0.3 is 14.8 Å². The lowest BCUT2D eigenvalue weighted by Crippen LogP contribution is -2.46. The lowest BCUT2D eigenvalue weighted by Gasteiger charge is -2.36. The summed E-state index contributed by atoms with van der Waals surface area (Å²) >= 11 is 0. The topological polar surface area (TPSA) is 83.4 Å². The van der Waals surface area contributed by atoms with Gasteiger partial charge >= 0.3 is 6.03 Å². The minimum Gasteiger partial charge on any atom is -0.353 e. The van der Waals surface area contributed by atoms with Gasteiger partial charge in [0.15, 0.2) is 0 Å². The third kappa shape index (κ3) is 4.01. The largest absolute Gasteiger partial charge is 0.353 e. The van der Waals surface area contributed by atoms with Crippen LogP contribution >= 0.6 is 0 Å². The molecule has 0 aromatic carbocycles. The van der Waals surface area contributed by atoms with Crippen LogP contribution in [0.2, 0.25) is 0 Å². The van der Waals surface area contributed by atoms with Crippen LogP contribution in [0.3, 0.4) is 0 Å². The number of rotatable bonds is 5. The van der Waals surface area contributed by atoms with Crippen molar-refractivity contribution in [3.05, 3.63) is 24.0 Å². The second kappa shape index (κ2) is 7.15. The van der Waals surface area contributed by atoms with Crippen molar-refractivity contribution >= 4 is 16.1 Å². The van der Waals surface area contributed by atoms with Gasteiger partial charge in [-0.05, 0) is 38.4 Å². The highest BCUT2D eigenvalue weighted by Gasteiger charge is 2.29. The van der Waals surface area contributed by atoms with Crippen LogP contribution in [0.5, 0.6) is 0 Å². The van der Waals surface area contributed by atoms with Gasteiger partial charge in [-0.2, -0.15) is 0 Å². The fraction of sp³-hybridized carbons (Fsp3) is 0.643. The number of nitrogens with one attached hydrogen (secondary N) is 2. The number of urea groups is 1. The molecule has 1 atom stereocenters. The normalized spacial score (nSPS) is 19.2. The monoisotopic (exact) mass is 328 g/mol. The summed E-state index contributed by atoms with van der Waals surface area (Å²) < 4.78 is 27.0. The molecule has 0 saturated carbocycles. The number of aryl methyl sites for hydroxylation is 1. The van der Waals surface area contributed by atoms with Crippen LogP contribution in [0.4, 0.5) is 4.79 Å². The third-order valence-corrected chi connectivity index (χ3v) is 5.41. The highest BCUT2D eigenvalue weighted by atomic mass is 32.2. The van der Waals surface area contributed by atoms with Crippen molar-refractivity contribution in [3.8, 4) is 0 Å². The van der Waals surface area contributed by atoms with Crippen LogP contribution in [0.15, 0.2) is 18.3 Å². The zero-order chi connectivity index (χ0) is 16.2. The van der Waals surface area contributed by atoms with Gasteiger partial charge in [0.2, 0.25) is 10.0 Å². The van der Waals surface area contributed by atoms with E-state index in [0.717, 1.165) is 25.0 Å². The fourth-order valence-electron chi connectivity index (χ4n) is 2.80. The predicted molar refractivity (Wildman–Crippen MR) is 85.0 cm³/mol. The average molecular weight is 328 g/mol. The van der Waals surface area contributed by atoms with Crippen LogP contribution < -0.4 is 10.0 Å². The van der Waals surface area contributed by atoms with Gasteiger partial charge in [-0.1, -0.05) is 0 Å². The minimum atomic E-state index is -3.30. The quantitative estimate of drug-likeness (QED) is 0.839. The lowest BCUT2D eigenvalue weighted by atomic mass is 10.00. The summed E-state index contributed by atoms with van der Waals surface area (Å²) in [6, 6.07) is 3.85. The molecule has 0 spiro atoms. The van der Waals surface area contributed by atoms with E-state index in [9.17, 15) is 13.2 Å². The minimum absolute atomic E-state index is 0.0506. The molecule has 1 aromatic rings. The van der Waals surface area contributed by atoms with Crippen LogP contribution in [-0.4, -0.2) is 49.8 Å². The first-order valence-electron chi connectivity index (χ1n) is 7.51. The van der Waals surface area contributed by atoms with Crippen LogP contribution in [0.25, 0.3) is 0 Å². The maximum Gasteiger partial charge on any atom is 0.317 e. The Morgan fingerprint density at radius 3 is 2.82 bits per heavy atom. The van der Waals surface area contributed by atoms with Crippen molar-refractivity contribution in [2.24, 2.45) is 7.05 Å². The summed E-state index contributed by atoms with van der Waals surface area (Å²) in [6.07, 6.45) is 4.97.